The Kier molecular flexibility index (Phi) is 2.50. The minimum Gasteiger partial charge on any atom is -0.333 e. The predicted molar refractivity (Wildman–Crippen MR) is 77.0 cm³/mol. The summed E-state index contributed by atoms with van der Waals surface area (Å²) in [6, 6.07) is 0. The molecule has 4 heteroatoms. The standard InChI is InChI=1S/C14H17BrN2S/c15-11-7-16-13(17-12(11)18)14-4-8-1-9(5-14)3-10(2-8)6-14/h7-10H,1-6H2,(H,16,17,18). The first-order valence-electron chi connectivity index (χ1n) is 6.90. The van der Waals surface area contributed by atoms with Gasteiger partial charge < -0.3 is 4.98 Å². The summed E-state index contributed by atoms with van der Waals surface area (Å²) in [5.74, 6) is 4.01. The fraction of sp³-hybridized carbons (Fsp3) is 0.714. The SMILES string of the molecule is S=c1[nH]c(C23CC4CC(CC(C4)C2)C3)ncc1Br. The van der Waals surface area contributed by atoms with Crippen molar-refractivity contribution >= 4 is 28.1 Å². The summed E-state index contributed by atoms with van der Waals surface area (Å²) in [6.45, 7) is 0. The highest BCUT2D eigenvalue weighted by Crippen LogP contribution is 2.60. The summed E-state index contributed by atoms with van der Waals surface area (Å²) < 4.78 is 1.71. The van der Waals surface area contributed by atoms with E-state index in [9.17, 15) is 0 Å². The summed E-state index contributed by atoms with van der Waals surface area (Å²) in [7, 11) is 0. The van der Waals surface area contributed by atoms with Crippen molar-refractivity contribution < 1.29 is 0 Å². The van der Waals surface area contributed by atoms with Crippen LogP contribution in [0, 0.1) is 22.4 Å². The van der Waals surface area contributed by atoms with Crippen molar-refractivity contribution in [2.24, 2.45) is 17.8 Å². The van der Waals surface area contributed by atoms with E-state index in [-0.39, 0.29) is 0 Å². The van der Waals surface area contributed by atoms with Crippen LogP contribution in [0.4, 0.5) is 0 Å². The van der Waals surface area contributed by atoms with Crippen LogP contribution in [0.25, 0.3) is 0 Å². The van der Waals surface area contributed by atoms with Gasteiger partial charge in [0.2, 0.25) is 0 Å². The highest BCUT2D eigenvalue weighted by atomic mass is 79.9. The molecular weight excluding hydrogens is 308 g/mol. The minimum absolute atomic E-state index is 0.322. The van der Waals surface area contributed by atoms with Crippen molar-refractivity contribution in [2.75, 3.05) is 0 Å². The molecule has 0 atom stereocenters. The second kappa shape index (κ2) is 3.89. The number of halogens is 1. The van der Waals surface area contributed by atoms with Crippen molar-refractivity contribution in [3.63, 3.8) is 0 Å². The Morgan fingerprint density at radius 2 is 1.72 bits per heavy atom. The van der Waals surface area contributed by atoms with Crippen LogP contribution in [0.3, 0.4) is 0 Å². The summed E-state index contributed by atoms with van der Waals surface area (Å²) in [4.78, 5) is 8.05. The van der Waals surface area contributed by atoms with Crippen LogP contribution < -0.4 is 0 Å². The zero-order valence-corrected chi connectivity index (χ0v) is 12.7. The number of aromatic amines is 1. The molecule has 1 heterocycles. The molecule has 4 bridgehead atoms. The summed E-state index contributed by atoms with van der Waals surface area (Å²) >= 11 is 8.79. The lowest BCUT2D eigenvalue weighted by atomic mass is 9.49. The van der Waals surface area contributed by atoms with Crippen LogP contribution in [0.1, 0.15) is 44.3 Å². The third-order valence-electron chi connectivity index (χ3n) is 5.30. The summed E-state index contributed by atoms with van der Waals surface area (Å²) in [5, 5.41) is 0. The first-order chi connectivity index (χ1) is 8.64. The smallest absolute Gasteiger partial charge is 0.120 e. The molecule has 0 unspecified atom stereocenters. The molecule has 2 nitrogen and oxygen atoms in total. The van der Waals surface area contributed by atoms with Crippen LogP contribution >= 0.6 is 28.1 Å². The van der Waals surface area contributed by atoms with Crippen molar-refractivity contribution in [3.05, 3.63) is 21.1 Å². The Morgan fingerprint density at radius 3 is 2.22 bits per heavy atom. The lowest BCUT2D eigenvalue weighted by molar-refractivity contribution is -0.00946. The largest absolute Gasteiger partial charge is 0.333 e. The molecule has 18 heavy (non-hydrogen) atoms. The number of H-pyrrole nitrogens is 1. The zero-order chi connectivity index (χ0) is 12.3. The van der Waals surface area contributed by atoms with Crippen LogP contribution in [0.2, 0.25) is 0 Å². The molecule has 4 fully saturated rings. The Morgan fingerprint density at radius 1 is 1.17 bits per heavy atom. The molecule has 1 aromatic rings. The molecule has 4 aliphatic rings. The van der Waals surface area contributed by atoms with E-state index in [0.29, 0.717) is 5.41 Å². The molecule has 0 spiro atoms. The molecule has 0 amide bonds. The number of nitrogens with one attached hydrogen (secondary N) is 1. The molecule has 0 aliphatic heterocycles. The number of aromatic nitrogens is 2. The van der Waals surface area contributed by atoms with Gasteiger partial charge in [-0.3, -0.25) is 0 Å². The second-order valence-corrected chi connectivity index (χ2v) is 7.87. The highest BCUT2D eigenvalue weighted by molar-refractivity contribution is 9.10. The Balaban J connectivity index is 1.79. The van der Waals surface area contributed by atoms with Gasteiger partial charge in [0.05, 0.1) is 4.47 Å². The first kappa shape index (κ1) is 11.6. The Hall–Kier alpha value is -0.220. The number of nitrogens with zero attached hydrogens (tertiary/aromatic N) is 1. The van der Waals surface area contributed by atoms with Gasteiger partial charge in [-0.2, -0.15) is 0 Å². The van der Waals surface area contributed by atoms with Gasteiger partial charge in [-0.15, -0.1) is 0 Å². The fourth-order valence-corrected chi connectivity index (χ4v) is 5.40. The van der Waals surface area contributed by atoms with Crippen LogP contribution in [-0.2, 0) is 5.41 Å². The van der Waals surface area contributed by atoms with Crippen molar-refractivity contribution in [1.82, 2.24) is 9.97 Å². The van der Waals surface area contributed by atoms with Gasteiger partial charge in [0.25, 0.3) is 0 Å². The monoisotopic (exact) mass is 324 g/mol. The maximum atomic E-state index is 5.35. The summed E-state index contributed by atoms with van der Waals surface area (Å²) in [5.41, 5.74) is 0.322. The van der Waals surface area contributed by atoms with Crippen molar-refractivity contribution in [3.8, 4) is 0 Å². The van der Waals surface area contributed by atoms with Crippen LogP contribution in [-0.4, -0.2) is 9.97 Å². The maximum Gasteiger partial charge on any atom is 0.120 e. The average molecular weight is 325 g/mol. The molecule has 5 rings (SSSR count). The predicted octanol–water partition coefficient (Wildman–Crippen LogP) is 4.37. The first-order valence-corrected chi connectivity index (χ1v) is 8.10. The Labute approximate surface area is 121 Å². The molecule has 4 saturated carbocycles. The third-order valence-corrected chi connectivity index (χ3v) is 6.48. The molecule has 1 N–H and O–H groups in total. The van der Waals surface area contributed by atoms with E-state index in [1.165, 1.54) is 38.5 Å². The topological polar surface area (TPSA) is 28.7 Å². The van der Waals surface area contributed by atoms with Gasteiger partial charge in [0, 0.05) is 11.6 Å². The molecule has 0 aromatic carbocycles. The van der Waals surface area contributed by atoms with E-state index in [0.717, 1.165) is 32.7 Å². The van der Waals surface area contributed by atoms with Gasteiger partial charge in [0.15, 0.2) is 0 Å². The molecule has 0 saturated heterocycles. The van der Waals surface area contributed by atoms with E-state index in [1.807, 2.05) is 6.20 Å². The fourth-order valence-electron chi connectivity index (χ4n) is 5.05. The second-order valence-electron chi connectivity index (χ2n) is 6.61. The van der Waals surface area contributed by atoms with Gasteiger partial charge in [-0.25, -0.2) is 4.98 Å². The summed E-state index contributed by atoms with van der Waals surface area (Å²) in [6.07, 6.45) is 10.3. The van der Waals surface area contributed by atoms with Crippen molar-refractivity contribution in [1.29, 1.82) is 0 Å². The third kappa shape index (κ3) is 1.64. The molecule has 1 aromatic heterocycles. The molecule has 4 aliphatic carbocycles. The molecule has 0 radical (unpaired) electrons. The van der Waals surface area contributed by atoms with E-state index in [2.05, 4.69) is 25.9 Å². The average Bonchev–Trinajstić information content (AvgIpc) is 2.31. The maximum absolute atomic E-state index is 5.35. The van der Waals surface area contributed by atoms with Gasteiger partial charge in [-0.1, -0.05) is 12.2 Å². The van der Waals surface area contributed by atoms with E-state index in [1.54, 1.807) is 0 Å². The van der Waals surface area contributed by atoms with Crippen LogP contribution in [0.15, 0.2) is 10.7 Å². The van der Waals surface area contributed by atoms with Crippen LogP contribution in [0.5, 0.6) is 0 Å². The lowest BCUT2D eigenvalue weighted by Gasteiger charge is -2.56. The zero-order valence-electron chi connectivity index (χ0n) is 10.3. The minimum atomic E-state index is 0.322. The van der Waals surface area contributed by atoms with Crippen molar-refractivity contribution in [2.45, 2.75) is 43.9 Å². The van der Waals surface area contributed by atoms with Gasteiger partial charge >= 0.3 is 0 Å². The highest BCUT2D eigenvalue weighted by Gasteiger charge is 2.52. The van der Waals surface area contributed by atoms with E-state index >= 15 is 0 Å². The quantitative estimate of drug-likeness (QED) is 0.777. The number of hydrogen-bond acceptors (Lipinski definition) is 2. The Bertz CT molecular complexity index is 516. The number of rotatable bonds is 1. The molecule has 96 valence electrons. The molecular formula is C14H17BrN2S. The van der Waals surface area contributed by atoms with E-state index in [4.69, 9.17) is 12.2 Å². The van der Waals surface area contributed by atoms with E-state index < -0.39 is 0 Å². The normalized spacial score (nSPS) is 41.3. The van der Waals surface area contributed by atoms with Gasteiger partial charge in [0.1, 0.15) is 10.5 Å². The van der Waals surface area contributed by atoms with Gasteiger partial charge in [-0.05, 0) is 72.2 Å². The lowest BCUT2D eigenvalue weighted by Crippen LogP contribution is -2.49. The number of hydrogen-bond donors (Lipinski definition) is 1.